The van der Waals surface area contributed by atoms with E-state index in [4.69, 9.17) is 4.74 Å². The number of hydrogen-bond acceptors (Lipinski definition) is 3. The van der Waals surface area contributed by atoms with Crippen molar-refractivity contribution >= 4 is 6.09 Å². The molecule has 4 heteroatoms. The molecule has 21 heavy (non-hydrogen) atoms. The van der Waals surface area contributed by atoms with Crippen molar-refractivity contribution in [2.45, 2.75) is 77.4 Å². The van der Waals surface area contributed by atoms with Crippen LogP contribution < -0.4 is 5.32 Å². The van der Waals surface area contributed by atoms with Crippen LogP contribution in [0.4, 0.5) is 4.79 Å². The van der Waals surface area contributed by atoms with E-state index in [0.29, 0.717) is 0 Å². The lowest BCUT2D eigenvalue weighted by molar-refractivity contribution is 0.0179. The number of likely N-dealkylation sites (tertiary alicyclic amines) is 1. The van der Waals surface area contributed by atoms with Gasteiger partial charge in [-0.2, -0.15) is 0 Å². The molecule has 4 nitrogen and oxygen atoms in total. The molecule has 1 N–H and O–H groups in total. The number of nitrogens with one attached hydrogen (secondary N) is 1. The van der Waals surface area contributed by atoms with Gasteiger partial charge >= 0.3 is 6.09 Å². The Balaban J connectivity index is 1.64. The topological polar surface area (TPSA) is 41.6 Å². The SMILES string of the molecule is CC(C)(C)OC(=O)N1CCC(CCC2CCCCN2)CC1. The number of rotatable bonds is 3. The third-order valence-corrected chi connectivity index (χ3v) is 4.60. The minimum Gasteiger partial charge on any atom is -0.444 e. The van der Waals surface area contributed by atoms with E-state index in [1.807, 2.05) is 25.7 Å². The number of hydrogen-bond donors (Lipinski definition) is 1. The van der Waals surface area contributed by atoms with Gasteiger partial charge in [-0.15, -0.1) is 0 Å². The lowest BCUT2D eigenvalue weighted by Crippen LogP contribution is -2.42. The molecule has 1 unspecified atom stereocenters. The predicted octanol–water partition coefficient (Wildman–Crippen LogP) is 3.56. The first kappa shape index (κ1) is 16.6. The van der Waals surface area contributed by atoms with Gasteiger partial charge in [-0.3, -0.25) is 0 Å². The quantitative estimate of drug-likeness (QED) is 0.866. The minimum absolute atomic E-state index is 0.144. The van der Waals surface area contributed by atoms with Gasteiger partial charge in [0.25, 0.3) is 0 Å². The molecule has 0 radical (unpaired) electrons. The summed E-state index contributed by atoms with van der Waals surface area (Å²) < 4.78 is 5.44. The van der Waals surface area contributed by atoms with Crippen LogP contribution in [0.15, 0.2) is 0 Å². The highest BCUT2D eigenvalue weighted by molar-refractivity contribution is 5.68. The van der Waals surface area contributed by atoms with Crippen molar-refractivity contribution in [1.82, 2.24) is 10.2 Å². The molecule has 2 saturated heterocycles. The van der Waals surface area contributed by atoms with Gasteiger partial charge in [0.1, 0.15) is 5.60 Å². The number of nitrogens with zero attached hydrogens (tertiary/aromatic N) is 1. The van der Waals surface area contributed by atoms with Crippen molar-refractivity contribution in [1.29, 1.82) is 0 Å². The summed E-state index contributed by atoms with van der Waals surface area (Å²) in [7, 11) is 0. The van der Waals surface area contributed by atoms with Gasteiger partial charge in [-0.25, -0.2) is 4.79 Å². The molecule has 2 aliphatic heterocycles. The summed E-state index contributed by atoms with van der Waals surface area (Å²) in [6, 6.07) is 0.739. The van der Waals surface area contributed by atoms with Crippen molar-refractivity contribution in [3.05, 3.63) is 0 Å². The third kappa shape index (κ3) is 5.85. The van der Waals surface area contributed by atoms with E-state index in [-0.39, 0.29) is 11.7 Å². The van der Waals surface area contributed by atoms with Crippen LogP contribution in [0.3, 0.4) is 0 Å². The fourth-order valence-corrected chi connectivity index (χ4v) is 3.34. The molecule has 122 valence electrons. The van der Waals surface area contributed by atoms with Crippen LogP contribution in [0.25, 0.3) is 0 Å². The smallest absolute Gasteiger partial charge is 0.410 e. The molecular formula is C17H32N2O2. The van der Waals surface area contributed by atoms with Crippen LogP contribution in [0.1, 0.15) is 65.7 Å². The van der Waals surface area contributed by atoms with Crippen LogP contribution >= 0.6 is 0 Å². The standard InChI is InChI=1S/C17H32N2O2/c1-17(2,3)21-16(20)19-12-9-14(10-13-19)7-8-15-6-4-5-11-18-15/h14-15,18H,4-13H2,1-3H3. The van der Waals surface area contributed by atoms with E-state index in [0.717, 1.165) is 37.9 Å². The Morgan fingerprint density at radius 2 is 1.86 bits per heavy atom. The van der Waals surface area contributed by atoms with Crippen LogP contribution in [0.5, 0.6) is 0 Å². The molecular weight excluding hydrogens is 264 g/mol. The van der Waals surface area contributed by atoms with Crippen LogP contribution in [0, 0.1) is 5.92 Å². The summed E-state index contributed by atoms with van der Waals surface area (Å²) >= 11 is 0. The Morgan fingerprint density at radius 1 is 1.14 bits per heavy atom. The largest absolute Gasteiger partial charge is 0.444 e. The molecule has 0 bridgehead atoms. The average molecular weight is 296 g/mol. The van der Waals surface area contributed by atoms with E-state index in [1.54, 1.807) is 0 Å². The molecule has 1 atom stereocenters. The molecule has 0 spiro atoms. The van der Waals surface area contributed by atoms with E-state index >= 15 is 0 Å². The second kappa shape index (κ2) is 7.48. The van der Waals surface area contributed by atoms with Gasteiger partial charge < -0.3 is 15.0 Å². The first-order valence-electron chi connectivity index (χ1n) is 8.65. The summed E-state index contributed by atoms with van der Waals surface area (Å²) in [5.74, 6) is 0.785. The summed E-state index contributed by atoms with van der Waals surface area (Å²) in [6.07, 6.45) is 8.79. The zero-order valence-electron chi connectivity index (χ0n) is 14.0. The zero-order valence-corrected chi connectivity index (χ0v) is 14.0. The maximum Gasteiger partial charge on any atom is 0.410 e. The summed E-state index contributed by atoms with van der Waals surface area (Å²) in [6.45, 7) is 8.69. The molecule has 2 rings (SSSR count). The highest BCUT2D eigenvalue weighted by Crippen LogP contribution is 2.25. The van der Waals surface area contributed by atoms with Crippen molar-refractivity contribution in [3.63, 3.8) is 0 Å². The Bertz CT molecular complexity index is 324. The molecule has 0 aromatic carbocycles. The van der Waals surface area contributed by atoms with E-state index in [1.165, 1.54) is 38.6 Å². The Kier molecular flexibility index (Phi) is 5.91. The number of amides is 1. The predicted molar refractivity (Wildman–Crippen MR) is 85.4 cm³/mol. The zero-order chi connectivity index (χ0) is 15.3. The van der Waals surface area contributed by atoms with Gasteiger partial charge in [0.2, 0.25) is 0 Å². The Hall–Kier alpha value is -0.770. The lowest BCUT2D eigenvalue weighted by Gasteiger charge is -2.34. The second-order valence-electron chi connectivity index (χ2n) is 7.63. The van der Waals surface area contributed by atoms with Gasteiger partial charge in [0.05, 0.1) is 0 Å². The van der Waals surface area contributed by atoms with Crippen LogP contribution in [-0.2, 0) is 4.74 Å². The fraction of sp³-hybridized carbons (Fsp3) is 0.941. The first-order chi connectivity index (χ1) is 9.94. The third-order valence-electron chi connectivity index (χ3n) is 4.60. The minimum atomic E-state index is -0.388. The van der Waals surface area contributed by atoms with Crippen molar-refractivity contribution in [3.8, 4) is 0 Å². The van der Waals surface area contributed by atoms with Gasteiger partial charge in [-0.05, 0) is 71.8 Å². The molecule has 2 fully saturated rings. The van der Waals surface area contributed by atoms with Crippen molar-refractivity contribution < 1.29 is 9.53 Å². The Morgan fingerprint density at radius 3 is 2.43 bits per heavy atom. The van der Waals surface area contributed by atoms with Crippen LogP contribution in [0.2, 0.25) is 0 Å². The molecule has 0 aromatic heterocycles. The number of carbonyl (C=O) groups is 1. The van der Waals surface area contributed by atoms with Crippen molar-refractivity contribution in [2.24, 2.45) is 5.92 Å². The molecule has 1 amide bonds. The number of ether oxygens (including phenoxy) is 1. The molecule has 0 saturated carbocycles. The highest BCUT2D eigenvalue weighted by atomic mass is 16.6. The lowest BCUT2D eigenvalue weighted by atomic mass is 9.89. The van der Waals surface area contributed by atoms with E-state index < -0.39 is 0 Å². The highest BCUT2D eigenvalue weighted by Gasteiger charge is 2.27. The number of carbonyl (C=O) groups excluding carboxylic acids is 1. The first-order valence-corrected chi connectivity index (χ1v) is 8.65. The second-order valence-corrected chi connectivity index (χ2v) is 7.63. The van der Waals surface area contributed by atoms with Gasteiger partial charge in [-0.1, -0.05) is 6.42 Å². The average Bonchev–Trinajstić information content (AvgIpc) is 2.45. The van der Waals surface area contributed by atoms with Crippen molar-refractivity contribution in [2.75, 3.05) is 19.6 Å². The molecule has 2 heterocycles. The van der Waals surface area contributed by atoms with E-state index in [2.05, 4.69) is 5.32 Å². The maximum atomic E-state index is 12.0. The monoisotopic (exact) mass is 296 g/mol. The summed E-state index contributed by atoms with van der Waals surface area (Å²) in [5, 5.41) is 3.63. The van der Waals surface area contributed by atoms with Crippen LogP contribution in [-0.4, -0.2) is 42.3 Å². The maximum absolute atomic E-state index is 12.0. The van der Waals surface area contributed by atoms with Gasteiger partial charge in [0, 0.05) is 19.1 Å². The summed E-state index contributed by atoms with van der Waals surface area (Å²) in [5.41, 5.74) is -0.388. The molecule has 0 aromatic rings. The summed E-state index contributed by atoms with van der Waals surface area (Å²) in [4.78, 5) is 13.9. The normalized spacial score (nSPS) is 24.9. The Labute approximate surface area is 129 Å². The number of piperidine rings is 2. The fourth-order valence-electron chi connectivity index (χ4n) is 3.34. The van der Waals surface area contributed by atoms with Gasteiger partial charge in [0.15, 0.2) is 0 Å². The molecule has 2 aliphatic rings. The molecule has 0 aliphatic carbocycles. The van der Waals surface area contributed by atoms with E-state index in [9.17, 15) is 4.79 Å².